The van der Waals surface area contributed by atoms with Crippen LogP contribution in [0.15, 0.2) is 186 Å². The number of allylic oxidation sites excluding steroid dienone is 1. The molecule has 4 heteroatoms. The van der Waals surface area contributed by atoms with Crippen LogP contribution in [0, 0.1) is 0 Å². The van der Waals surface area contributed by atoms with Crippen LogP contribution >= 0.6 is 0 Å². The molecule has 53 heavy (non-hydrogen) atoms. The van der Waals surface area contributed by atoms with Crippen molar-refractivity contribution in [3.63, 3.8) is 0 Å². The van der Waals surface area contributed by atoms with E-state index in [4.69, 9.17) is 19.4 Å². The third-order valence-electron chi connectivity index (χ3n) is 10.3. The fourth-order valence-electron chi connectivity index (χ4n) is 7.84. The molecule has 250 valence electrons. The van der Waals surface area contributed by atoms with Crippen molar-refractivity contribution in [3.8, 4) is 45.0 Å². The number of furan rings is 1. The van der Waals surface area contributed by atoms with Gasteiger partial charge in [0.15, 0.2) is 17.5 Å². The zero-order valence-corrected chi connectivity index (χ0v) is 28.9. The first-order valence-corrected chi connectivity index (χ1v) is 18.1. The van der Waals surface area contributed by atoms with E-state index < -0.39 is 0 Å². The topological polar surface area (TPSA) is 51.8 Å². The van der Waals surface area contributed by atoms with Crippen molar-refractivity contribution < 1.29 is 4.42 Å². The van der Waals surface area contributed by atoms with Gasteiger partial charge < -0.3 is 4.42 Å². The zero-order valence-electron chi connectivity index (χ0n) is 28.9. The van der Waals surface area contributed by atoms with E-state index in [0.717, 1.165) is 72.9 Å². The molecule has 0 bridgehead atoms. The van der Waals surface area contributed by atoms with Crippen LogP contribution in [0.3, 0.4) is 0 Å². The number of hydrogen-bond donors (Lipinski definition) is 0. The van der Waals surface area contributed by atoms with Crippen LogP contribution in [0.5, 0.6) is 0 Å². The van der Waals surface area contributed by atoms with E-state index in [2.05, 4.69) is 146 Å². The van der Waals surface area contributed by atoms with Crippen LogP contribution < -0.4 is 0 Å². The molecule has 0 aliphatic heterocycles. The van der Waals surface area contributed by atoms with E-state index in [9.17, 15) is 0 Å². The van der Waals surface area contributed by atoms with Crippen molar-refractivity contribution >= 4 is 27.5 Å². The lowest BCUT2D eigenvalue weighted by molar-refractivity contribution is 0.669. The molecule has 1 unspecified atom stereocenters. The maximum absolute atomic E-state index is 6.48. The molecule has 0 spiro atoms. The number of aromatic nitrogens is 3. The SMILES string of the molecule is C1=C(c2nc(-c3ccccc3)nc(-c3c(-c4cccc(-c5ccccc5)c4)ccc4oc5ccccc5c34)n2)c2ccccc2C(c2ccccc2)C1. The highest BCUT2D eigenvalue weighted by Crippen LogP contribution is 2.44. The second-order valence-corrected chi connectivity index (χ2v) is 13.5. The summed E-state index contributed by atoms with van der Waals surface area (Å²) in [5.41, 5.74) is 12.6. The number of benzene rings is 7. The lowest BCUT2D eigenvalue weighted by atomic mass is 9.79. The number of hydrogen-bond acceptors (Lipinski definition) is 4. The van der Waals surface area contributed by atoms with Crippen LogP contribution in [0.25, 0.3) is 72.5 Å². The summed E-state index contributed by atoms with van der Waals surface area (Å²) in [6, 6.07) is 61.3. The third-order valence-corrected chi connectivity index (χ3v) is 10.3. The molecule has 0 saturated carbocycles. The van der Waals surface area contributed by atoms with E-state index in [1.807, 2.05) is 36.4 Å². The molecule has 1 aliphatic rings. The molecule has 1 atom stereocenters. The predicted molar refractivity (Wildman–Crippen MR) is 215 cm³/mol. The van der Waals surface area contributed by atoms with E-state index in [1.54, 1.807) is 0 Å². The summed E-state index contributed by atoms with van der Waals surface area (Å²) in [7, 11) is 0. The predicted octanol–water partition coefficient (Wildman–Crippen LogP) is 12.4. The van der Waals surface area contributed by atoms with E-state index in [-0.39, 0.29) is 5.92 Å². The highest BCUT2D eigenvalue weighted by atomic mass is 16.3. The van der Waals surface area contributed by atoms with Crippen LogP contribution in [0.1, 0.15) is 34.9 Å². The summed E-state index contributed by atoms with van der Waals surface area (Å²) in [6.07, 6.45) is 3.16. The van der Waals surface area contributed by atoms with Gasteiger partial charge in [0.1, 0.15) is 11.2 Å². The highest BCUT2D eigenvalue weighted by Gasteiger charge is 2.27. The zero-order chi connectivity index (χ0) is 35.1. The van der Waals surface area contributed by atoms with Gasteiger partial charge in [-0.25, -0.2) is 15.0 Å². The van der Waals surface area contributed by atoms with Crippen molar-refractivity contribution in [1.29, 1.82) is 0 Å². The average molecular weight is 680 g/mol. The maximum atomic E-state index is 6.48. The van der Waals surface area contributed by atoms with Gasteiger partial charge in [0.2, 0.25) is 0 Å². The van der Waals surface area contributed by atoms with Crippen LogP contribution in [0.4, 0.5) is 0 Å². The fraction of sp³-hybridized carbons (Fsp3) is 0.0408. The molecule has 0 fully saturated rings. The van der Waals surface area contributed by atoms with E-state index >= 15 is 0 Å². The fourth-order valence-corrected chi connectivity index (χ4v) is 7.84. The van der Waals surface area contributed by atoms with Crippen molar-refractivity contribution in [2.75, 3.05) is 0 Å². The maximum Gasteiger partial charge on any atom is 0.165 e. The Morgan fingerprint density at radius 2 is 1.09 bits per heavy atom. The first-order chi connectivity index (χ1) is 26.3. The molecule has 0 N–H and O–H groups in total. The lowest BCUT2D eigenvalue weighted by Crippen LogP contribution is -2.12. The minimum atomic E-state index is 0.251. The molecule has 2 heterocycles. The van der Waals surface area contributed by atoms with Crippen molar-refractivity contribution in [2.45, 2.75) is 12.3 Å². The second kappa shape index (κ2) is 13.0. The Kier molecular flexibility index (Phi) is 7.58. The Hall–Kier alpha value is -6.91. The van der Waals surface area contributed by atoms with Gasteiger partial charge in [-0.1, -0.05) is 158 Å². The van der Waals surface area contributed by atoms with Gasteiger partial charge in [-0.3, -0.25) is 0 Å². The summed E-state index contributed by atoms with van der Waals surface area (Å²) in [4.78, 5) is 15.9. The van der Waals surface area contributed by atoms with Crippen LogP contribution in [-0.4, -0.2) is 15.0 Å². The quantitative estimate of drug-likeness (QED) is 0.175. The summed E-state index contributed by atoms with van der Waals surface area (Å²) >= 11 is 0. The molecule has 4 nitrogen and oxygen atoms in total. The monoisotopic (exact) mass is 679 g/mol. The Balaban J connectivity index is 1.24. The molecule has 0 radical (unpaired) electrons. The number of rotatable bonds is 6. The van der Waals surface area contributed by atoms with Gasteiger partial charge in [0.25, 0.3) is 0 Å². The summed E-state index contributed by atoms with van der Waals surface area (Å²) in [6.45, 7) is 0. The molecule has 2 aromatic heterocycles. The van der Waals surface area contributed by atoms with Crippen molar-refractivity contribution in [3.05, 3.63) is 205 Å². The van der Waals surface area contributed by atoms with Gasteiger partial charge in [-0.05, 0) is 69.6 Å². The summed E-state index contributed by atoms with van der Waals surface area (Å²) in [5.74, 6) is 2.14. The Labute approximate surface area is 307 Å². The standard InChI is InChI=1S/C49H33N3O/c1-4-15-32(16-5-1)35-21-14-22-36(31-35)38-29-30-44-45(42-25-12-13-26-43(42)53-44)46(38)49-51-47(34-19-8-3-9-20-34)50-48(52-49)41-28-27-37(33-17-6-2-7-18-33)39-23-10-11-24-40(39)41/h1-26,28-31,37H,27H2. The van der Waals surface area contributed by atoms with Gasteiger partial charge >= 0.3 is 0 Å². The Morgan fingerprint density at radius 1 is 0.453 bits per heavy atom. The molecule has 9 aromatic rings. The molecular weight excluding hydrogens is 647 g/mol. The van der Waals surface area contributed by atoms with Crippen molar-refractivity contribution in [2.24, 2.45) is 0 Å². The first kappa shape index (κ1) is 30.9. The number of para-hydroxylation sites is 1. The molecule has 7 aromatic carbocycles. The summed E-state index contributed by atoms with van der Waals surface area (Å²) in [5, 5.41) is 2.01. The molecule has 10 rings (SSSR count). The second-order valence-electron chi connectivity index (χ2n) is 13.5. The number of fused-ring (bicyclic) bond motifs is 4. The third kappa shape index (κ3) is 5.53. The van der Waals surface area contributed by atoms with Gasteiger partial charge in [0.05, 0.1) is 0 Å². The minimum absolute atomic E-state index is 0.251. The molecule has 1 aliphatic carbocycles. The van der Waals surface area contributed by atoms with Crippen molar-refractivity contribution in [1.82, 2.24) is 15.0 Å². The highest BCUT2D eigenvalue weighted by molar-refractivity contribution is 6.15. The van der Waals surface area contributed by atoms with Gasteiger partial charge in [0, 0.05) is 33.4 Å². The van der Waals surface area contributed by atoms with E-state index in [1.165, 1.54) is 11.1 Å². The first-order valence-electron chi connectivity index (χ1n) is 18.1. The Bertz CT molecular complexity index is 2800. The molecule has 0 saturated heterocycles. The lowest BCUT2D eigenvalue weighted by Gasteiger charge is -2.26. The van der Waals surface area contributed by atoms with E-state index in [0.29, 0.717) is 17.5 Å². The smallest absolute Gasteiger partial charge is 0.165 e. The van der Waals surface area contributed by atoms with Gasteiger partial charge in [-0.15, -0.1) is 0 Å². The van der Waals surface area contributed by atoms with Crippen LogP contribution in [-0.2, 0) is 0 Å². The average Bonchev–Trinajstić information content (AvgIpc) is 3.62. The number of nitrogens with zero attached hydrogens (tertiary/aromatic N) is 3. The van der Waals surface area contributed by atoms with Crippen LogP contribution in [0.2, 0.25) is 0 Å². The van der Waals surface area contributed by atoms with Gasteiger partial charge in [-0.2, -0.15) is 0 Å². The normalized spacial score (nSPS) is 13.9. The molecular formula is C49H33N3O. The summed E-state index contributed by atoms with van der Waals surface area (Å²) < 4.78 is 6.48. The minimum Gasteiger partial charge on any atom is -0.456 e. The largest absolute Gasteiger partial charge is 0.456 e. The molecule has 0 amide bonds. The Morgan fingerprint density at radius 3 is 1.92 bits per heavy atom.